The zero-order valence-corrected chi connectivity index (χ0v) is 17.3. The molecule has 30 heavy (non-hydrogen) atoms. The second kappa shape index (κ2) is 7.70. The summed E-state index contributed by atoms with van der Waals surface area (Å²) in [5.41, 5.74) is 3.79. The molecule has 1 aromatic carbocycles. The summed E-state index contributed by atoms with van der Waals surface area (Å²) in [5.74, 6) is 1.54. The fourth-order valence-corrected chi connectivity index (χ4v) is 3.91. The molecular formula is C22H17Cl2N5O. The van der Waals surface area contributed by atoms with Gasteiger partial charge in [0, 0.05) is 12.6 Å². The van der Waals surface area contributed by atoms with Crippen LogP contribution in [0.5, 0.6) is 0 Å². The third-order valence-electron chi connectivity index (χ3n) is 5.12. The van der Waals surface area contributed by atoms with Crippen molar-refractivity contribution in [3.63, 3.8) is 0 Å². The number of rotatable bonds is 4. The Labute approximate surface area is 183 Å². The highest BCUT2D eigenvalue weighted by Gasteiger charge is 2.24. The van der Waals surface area contributed by atoms with Crippen LogP contribution in [0.3, 0.4) is 0 Å². The zero-order valence-electron chi connectivity index (χ0n) is 15.8. The maximum Gasteiger partial charge on any atom is 0.275 e. The van der Waals surface area contributed by atoms with Crippen molar-refractivity contribution in [3.05, 3.63) is 75.7 Å². The van der Waals surface area contributed by atoms with Gasteiger partial charge >= 0.3 is 0 Å². The van der Waals surface area contributed by atoms with Gasteiger partial charge in [-0.15, -0.1) is 0 Å². The highest BCUT2D eigenvalue weighted by molar-refractivity contribution is 6.39. The number of anilines is 2. The van der Waals surface area contributed by atoms with Gasteiger partial charge in [-0.3, -0.25) is 4.79 Å². The van der Waals surface area contributed by atoms with Gasteiger partial charge in [0.25, 0.3) is 5.91 Å². The number of carbonyl (C=O) groups is 1. The number of para-hydroxylation sites is 1. The van der Waals surface area contributed by atoms with Gasteiger partial charge in [-0.05, 0) is 60.2 Å². The highest BCUT2D eigenvalue weighted by Crippen LogP contribution is 2.40. The minimum atomic E-state index is -0.294. The van der Waals surface area contributed by atoms with E-state index in [1.165, 1.54) is 18.4 Å². The number of amides is 1. The molecule has 0 atom stereocenters. The first-order valence-corrected chi connectivity index (χ1v) is 10.4. The van der Waals surface area contributed by atoms with Gasteiger partial charge in [0.2, 0.25) is 0 Å². The van der Waals surface area contributed by atoms with Crippen molar-refractivity contribution < 1.29 is 4.79 Å². The minimum Gasteiger partial charge on any atom is -0.342 e. The van der Waals surface area contributed by atoms with Crippen LogP contribution in [0, 0.1) is 0 Å². The molecule has 150 valence electrons. The van der Waals surface area contributed by atoms with Crippen molar-refractivity contribution in [2.45, 2.75) is 25.2 Å². The standard InChI is InChI=1S/C22H17Cl2N5O/c23-15-2-1-3-16(24)21(15)28-20-10-14-8-17(26-11-18(14)27-20)22(30)29-19-9-13(6-7-25-19)12-4-5-12/h1-3,6-9,11-12H,4-5,10H2,(H,27,28)(H,25,29,30). The fraction of sp³-hybridized carbons (Fsp3) is 0.182. The molecule has 0 radical (unpaired) electrons. The number of nitrogens with one attached hydrogen (secondary N) is 2. The van der Waals surface area contributed by atoms with E-state index in [0.29, 0.717) is 45.4 Å². The second-order valence-electron chi connectivity index (χ2n) is 7.36. The Morgan fingerprint density at radius 2 is 1.93 bits per heavy atom. The lowest BCUT2D eigenvalue weighted by Crippen LogP contribution is -2.15. The van der Waals surface area contributed by atoms with Crippen molar-refractivity contribution in [2.24, 2.45) is 4.99 Å². The summed E-state index contributed by atoms with van der Waals surface area (Å²) in [7, 11) is 0. The highest BCUT2D eigenvalue weighted by atomic mass is 35.5. The number of nitrogens with zero attached hydrogens (tertiary/aromatic N) is 3. The molecule has 0 saturated heterocycles. The molecule has 1 fully saturated rings. The fourth-order valence-electron chi connectivity index (χ4n) is 3.42. The largest absolute Gasteiger partial charge is 0.342 e. The first-order valence-electron chi connectivity index (χ1n) is 9.61. The van der Waals surface area contributed by atoms with Gasteiger partial charge in [-0.2, -0.15) is 0 Å². The average molecular weight is 438 g/mol. The Balaban J connectivity index is 1.34. The number of pyridine rings is 2. The van der Waals surface area contributed by atoms with E-state index in [9.17, 15) is 4.79 Å². The Bertz CT molecular complexity index is 1170. The predicted octanol–water partition coefficient (Wildman–Crippen LogP) is 5.61. The summed E-state index contributed by atoms with van der Waals surface area (Å²) < 4.78 is 0. The molecule has 2 aliphatic rings. The van der Waals surface area contributed by atoms with Crippen molar-refractivity contribution in [2.75, 3.05) is 10.6 Å². The molecule has 0 spiro atoms. The number of aliphatic imine (C=N–C) groups is 1. The molecule has 3 aromatic rings. The van der Waals surface area contributed by atoms with E-state index in [2.05, 4.69) is 25.6 Å². The van der Waals surface area contributed by atoms with Gasteiger partial charge in [-0.25, -0.2) is 15.0 Å². The van der Waals surface area contributed by atoms with Crippen molar-refractivity contribution in [3.8, 4) is 0 Å². The van der Waals surface area contributed by atoms with E-state index in [1.807, 2.05) is 12.1 Å². The summed E-state index contributed by atoms with van der Waals surface area (Å²) in [4.78, 5) is 25.8. The summed E-state index contributed by atoms with van der Waals surface area (Å²) in [6.07, 6.45) is 6.27. The van der Waals surface area contributed by atoms with Crippen LogP contribution in [0.25, 0.3) is 0 Å². The zero-order chi connectivity index (χ0) is 20.7. The number of benzene rings is 1. The normalized spacial score (nSPS) is 16.3. The molecule has 0 bridgehead atoms. The maximum atomic E-state index is 12.7. The minimum absolute atomic E-state index is 0.294. The molecule has 1 saturated carbocycles. The van der Waals surface area contributed by atoms with E-state index < -0.39 is 0 Å². The smallest absolute Gasteiger partial charge is 0.275 e. The number of aromatic nitrogens is 2. The molecule has 1 amide bonds. The summed E-state index contributed by atoms with van der Waals surface area (Å²) in [6, 6.07) is 11.0. The molecule has 2 aromatic heterocycles. The second-order valence-corrected chi connectivity index (χ2v) is 8.17. The van der Waals surface area contributed by atoms with E-state index in [0.717, 1.165) is 11.3 Å². The Kier molecular flexibility index (Phi) is 4.89. The van der Waals surface area contributed by atoms with Gasteiger partial charge in [0.05, 0.1) is 21.9 Å². The van der Waals surface area contributed by atoms with Crippen molar-refractivity contribution >= 4 is 52.1 Å². The van der Waals surface area contributed by atoms with Crippen LogP contribution < -0.4 is 10.6 Å². The van der Waals surface area contributed by atoms with Crippen molar-refractivity contribution in [1.82, 2.24) is 9.97 Å². The third kappa shape index (κ3) is 3.88. The van der Waals surface area contributed by atoms with Crippen LogP contribution in [0.15, 0.2) is 53.8 Å². The van der Waals surface area contributed by atoms with Crippen LogP contribution in [-0.2, 0) is 6.42 Å². The molecule has 1 aliphatic heterocycles. The molecule has 2 N–H and O–H groups in total. The van der Waals surface area contributed by atoms with E-state index in [1.54, 1.807) is 36.7 Å². The van der Waals surface area contributed by atoms with Crippen LogP contribution in [0.4, 0.5) is 17.2 Å². The first-order chi connectivity index (χ1) is 14.6. The van der Waals surface area contributed by atoms with Crippen molar-refractivity contribution in [1.29, 1.82) is 0 Å². The number of amidine groups is 1. The first kappa shape index (κ1) is 19.0. The average Bonchev–Trinajstić information content (AvgIpc) is 3.50. The number of hydrogen-bond acceptors (Lipinski definition) is 4. The number of halogens is 2. The Morgan fingerprint density at radius 3 is 2.70 bits per heavy atom. The molecule has 3 heterocycles. The predicted molar refractivity (Wildman–Crippen MR) is 119 cm³/mol. The maximum absolute atomic E-state index is 12.7. The van der Waals surface area contributed by atoms with E-state index in [-0.39, 0.29) is 5.91 Å². The molecule has 1 aliphatic carbocycles. The molecule has 6 nitrogen and oxygen atoms in total. The number of carbonyl (C=O) groups excluding carboxylic acids is 1. The third-order valence-corrected chi connectivity index (χ3v) is 5.73. The van der Waals surface area contributed by atoms with E-state index in [4.69, 9.17) is 23.2 Å². The van der Waals surface area contributed by atoms with Crippen LogP contribution in [0.1, 0.15) is 40.4 Å². The molecule has 8 heteroatoms. The number of fused-ring (bicyclic) bond motifs is 1. The lowest BCUT2D eigenvalue weighted by molar-refractivity contribution is 0.102. The van der Waals surface area contributed by atoms with Gasteiger partial charge in [0.1, 0.15) is 23.0 Å². The van der Waals surface area contributed by atoms with Crippen LogP contribution >= 0.6 is 23.2 Å². The van der Waals surface area contributed by atoms with Crippen LogP contribution in [-0.4, -0.2) is 21.7 Å². The summed E-state index contributed by atoms with van der Waals surface area (Å²) >= 11 is 12.4. The Hall–Kier alpha value is -2.96. The monoisotopic (exact) mass is 437 g/mol. The summed E-state index contributed by atoms with van der Waals surface area (Å²) in [5, 5.41) is 7.00. The topological polar surface area (TPSA) is 79.3 Å². The van der Waals surface area contributed by atoms with Gasteiger partial charge in [-0.1, -0.05) is 29.3 Å². The summed E-state index contributed by atoms with van der Waals surface area (Å²) in [6.45, 7) is 0. The SMILES string of the molecule is O=C(Nc1cc(C2CC2)ccn1)c1cc2c(cn1)NC(=Nc1c(Cl)cccc1Cl)C2. The lowest BCUT2D eigenvalue weighted by atomic mass is 10.1. The van der Waals surface area contributed by atoms with Crippen LogP contribution in [0.2, 0.25) is 10.0 Å². The molecular weight excluding hydrogens is 421 g/mol. The van der Waals surface area contributed by atoms with Gasteiger partial charge in [0.15, 0.2) is 0 Å². The molecule has 0 unspecified atom stereocenters. The molecule has 5 rings (SSSR count). The number of hydrogen-bond donors (Lipinski definition) is 2. The van der Waals surface area contributed by atoms with E-state index >= 15 is 0 Å². The Morgan fingerprint density at radius 1 is 1.13 bits per heavy atom. The quantitative estimate of drug-likeness (QED) is 0.555. The lowest BCUT2D eigenvalue weighted by Gasteiger charge is -2.06. The van der Waals surface area contributed by atoms with Gasteiger partial charge < -0.3 is 10.6 Å².